The van der Waals surface area contributed by atoms with Crippen LogP contribution in [0.15, 0.2) is 45.7 Å². The van der Waals surface area contributed by atoms with E-state index < -0.39 is 17.6 Å². The Hall–Kier alpha value is -2.06. The zero-order valence-corrected chi connectivity index (χ0v) is 13.9. The summed E-state index contributed by atoms with van der Waals surface area (Å²) in [6.45, 7) is 1.77. The number of carbonyl (C=O) groups is 1. The van der Waals surface area contributed by atoms with Gasteiger partial charge in [0.15, 0.2) is 4.32 Å². The van der Waals surface area contributed by atoms with Gasteiger partial charge in [0.05, 0.1) is 16.2 Å². The van der Waals surface area contributed by atoms with Crippen molar-refractivity contribution in [3.63, 3.8) is 0 Å². The molecule has 3 rings (SSSR count). The molecule has 1 amide bonds. The monoisotopic (exact) mass is 369 g/mol. The fourth-order valence-corrected chi connectivity index (χ4v) is 3.45. The minimum Gasteiger partial charge on any atom is -0.462 e. The number of furan rings is 1. The maximum atomic E-state index is 12.9. The number of amides is 1. The fraction of sp³-hybridized carbons (Fsp3) is 0.125. The number of anilines is 1. The molecular formula is C16H10F3NO2S2. The molecule has 0 bridgehead atoms. The predicted molar refractivity (Wildman–Crippen MR) is 90.5 cm³/mol. The van der Waals surface area contributed by atoms with Crippen molar-refractivity contribution in [1.82, 2.24) is 0 Å². The van der Waals surface area contributed by atoms with E-state index in [1.54, 1.807) is 19.1 Å². The molecule has 8 heteroatoms. The summed E-state index contributed by atoms with van der Waals surface area (Å²) in [6, 6.07) is 7.97. The number of carbonyl (C=O) groups excluding carboxylic acids is 1. The van der Waals surface area contributed by atoms with Crippen molar-refractivity contribution in [3.8, 4) is 0 Å². The number of nitrogens with zero attached hydrogens (tertiary/aromatic N) is 1. The minimum atomic E-state index is -4.49. The van der Waals surface area contributed by atoms with Crippen molar-refractivity contribution >= 4 is 46.0 Å². The van der Waals surface area contributed by atoms with Crippen molar-refractivity contribution in [2.24, 2.45) is 0 Å². The third-order valence-corrected chi connectivity index (χ3v) is 4.56. The van der Waals surface area contributed by atoms with Crippen LogP contribution in [0.2, 0.25) is 0 Å². The van der Waals surface area contributed by atoms with Crippen LogP contribution in [0.3, 0.4) is 0 Å². The van der Waals surface area contributed by atoms with Crippen LogP contribution in [-0.2, 0) is 11.0 Å². The SMILES string of the molecule is Cc1ccc(/C=C2\SC(=S)N(c3cccc(C(F)(F)F)c3)C2=O)o1. The molecule has 3 nitrogen and oxygen atoms in total. The number of hydrogen-bond donors (Lipinski definition) is 0. The van der Waals surface area contributed by atoms with Crippen molar-refractivity contribution in [1.29, 1.82) is 0 Å². The van der Waals surface area contributed by atoms with Crippen LogP contribution in [0.4, 0.5) is 18.9 Å². The van der Waals surface area contributed by atoms with Gasteiger partial charge in [-0.2, -0.15) is 13.2 Å². The topological polar surface area (TPSA) is 33.5 Å². The normalized spacial score (nSPS) is 17.2. The third-order valence-electron chi connectivity index (χ3n) is 3.26. The Balaban J connectivity index is 1.94. The summed E-state index contributed by atoms with van der Waals surface area (Å²) < 4.78 is 44.1. The second kappa shape index (κ2) is 6.10. The third kappa shape index (κ3) is 3.25. The molecule has 1 aromatic heterocycles. The van der Waals surface area contributed by atoms with Crippen LogP contribution in [0.25, 0.3) is 6.08 Å². The summed E-state index contributed by atoms with van der Waals surface area (Å²) in [6.07, 6.45) is -2.96. The molecular weight excluding hydrogens is 359 g/mol. The first-order chi connectivity index (χ1) is 11.3. The highest BCUT2D eigenvalue weighted by Crippen LogP contribution is 2.38. The van der Waals surface area contributed by atoms with E-state index in [0.717, 1.165) is 28.8 Å². The van der Waals surface area contributed by atoms with Gasteiger partial charge in [0.1, 0.15) is 11.5 Å². The van der Waals surface area contributed by atoms with E-state index in [9.17, 15) is 18.0 Å². The van der Waals surface area contributed by atoms with Gasteiger partial charge in [0.2, 0.25) is 0 Å². The number of hydrogen-bond acceptors (Lipinski definition) is 4. The zero-order chi connectivity index (χ0) is 17.5. The molecule has 1 aliphatic rings. The molecule has 1 fully saturated rings. The van der Waals surface area contributed by atoms with Crippen molar-refractivity contribution in [2.75, 3.05) is 4.90 Å². The van der Waals surface area contributed by atoms with Crippen LogP contribution in [0.1, 0.15) is 17.1 Å². The van der Waals surface area contributed by atoms with Gasteiger partial charge >= 0.3 is 6.18 Å². The Labute approximate surface area is 145 Å². The lowest BCUT2D eigenvalue weighted by molar-refractivity contribution is -0.137. The molecule has 124 valence electrons. The molecule has 0 radical (unpaired) electrons. The Morgan fingerprint density at radius 1 is 1.25 bits per heavy atom. The molecule has 0 unspecified atom stereocenters. The highest BCUT2D eigenvalue weighted by Gasteiger charge is 2.36. The van der Waals surface area contributed by atoms with E-state index in [2.05, 4.69) is 0 Å². The molecule has 24 heavy (non-hydrogen) atoms. The Morgan fingerprint density at radius 2 is 2.00 bits per heavy atom. The summed E-state index contributed by atoms with van der Waals surface area (Å²) in [5.74, 6) is 0.699. The molecule has 1 aliphatic heterocycles. The lowest BCUT2D eigenvalue weighted by Crippen LogP contribution is -2.27. The largest absolute Gasteiger partial charge is 0.462 e. The fourth-order valence-electron chi connectivity index (χ4n) is 2.17. The van der Waals surface area contributed by atoms with Crippen LogP contribution in [0.5, 0.6) is 0 Å². The molecule has 0 saturated carbocycles. The summed E-state index contributed by atoms with van der Waals surface area (Å²) >= 11 is 6.17. The first-order valence-corrected chi connectivity index (χ1v) is 8.00. The van der Waals surface area contributed by atoms with Gasteiger partial charge in [0, 0.05) is 6.08 Å². The van der Waals surface area contributed by atoms with E-state index in [-0.39, 0.29) is 10.0 Å². The van der Waals surface area contributed by atoms with Gasteiger partial charge in [-0.3, -0.25) is 9.69 Å². The molecule has 0 spiro atoms. The van der Waals surface area contributed by atoms with Crippen LogP contribution < -0.4 is 4.90 Å². The number of thioether (sulfide) groups is 1. The standard InChI is InChI=1S/C16H10F3NO2S2/c1-9-5-6-12(22-9)8-13-14(21)20(15(23)24-13)11-4-2-3-10(7-11)16(17,18)19/h2-8H,1H3/b13-8-. The summed E-state index contributed by atoms with van der Waals surface area (Å²) in [4.78, 5) is 13.9. The Kier molecular flexibility index (Phi) is 4.27. The van der Waals surface area contributed by atoms with Crippen LogP contribution >= 0.6 is 24.0 Å². The van der Waals surface area contributed by atoms with E-state index in [4.69, 9.17) is 16.6 Å². The molecule has 1 aromatic carbocycles. The maximum absolute atomic E-state index is 12.9. The second-order valence-corrected chi connectivity index (χ2v) is 6.69. The summed E-state index contributed by atoms with van der Waals surface area (Å²) in [7, 11) is 0. The molecule has 0 atom stereocenters. The molecule has 2 heterocycles. The van der Waals surface area contributed by atoms with Gasteiger partial charge in [-0.1, -0.05) is 30.0 Å². The van der Waals surface area contributed by atoms with Crippen molar-refractivity contribution in [3.05, 3.63) is 58.4 Å². The van der Waals surface area contributed by atoms with Gasteiger partial charge in [-0.25, -0.2) is 0 Å². The average molecular weight is 369 g/mol. The van der Waals surface area contributed by atoms with E-state index in [1.165, 1.54) is 18.2 Å². The summed E-state index contributed by atoms with van der Waals surface area (Å²) in [5.41, 5.74) is -0.744. The van der Waals surface area contributed by atoms with Crippen LogP contribution in [-0.4, -0.2) is 10.2 Å². The van der Waals surface area contributed by atoms with Crippen molar-refractivity contribution < 1.29 is 22.4 Å². The highest BCUT2D eigenvalue weighted by atomic mass is 32.2. The number of alkyl halides is 3. The molecule has 2 aromatic rings. The second-order valence-electron chi connectivity index (χ2n) is 5.01. The minimum absolute atomic E-state index is 0.0892. The molecule has 0 N–H and O–H groups in total. The van der Waals surface area contributed by atoms with E-state index in [0.29, 0.717) is 16.4 Å². The summed E-state index contributed by atoms with van der Waals surface area (Å²) in [5, 5.41) is 0. The predicted octanol–water partition coefficient (Wildman–Crippen LogP) is 5.01. The number of thiocarbonyl (C=S) groups is 1. The quantitative estimate of drug-likeness (QED) is 0.550. The lowest BCUT2D eigenvalue weighted by Gasteiger charge is -2.16. The van der Waals surface area contributed by atoms with Gasteiger partial charge in [-0.05, 0) is 37.3 Å². The number of halogens is 3. The first-order valence-electron chi connectivity index (χ1n) is 6.77. The maximum Gasteiger partial charge on any atom is 0.416 e. The number of rotatable bonds is 2. The number of aryl methyl sites for hydroxylation is 1. The zero-order valence-electron chi connectivity index (χ0n) is 12.3. The number of benzene rings is 1. The highest BCUT2D eigenvalue weighted by molar-refractivity contribution is 8.27. The first kappa shape index (κ1) is 16.8. The smallest absolute Gasteiger partial charge is 0.416 e. The van der Waals surface area contributed by atoms with E-state index in [1.807, 2.05) is 0 Å². The average Bonchev–Trinajstić information content (AvgIpc) is 3.02. The Morgan fingerprint density at radius 3 is 2.62 bits per heavy atom. The van der Waals surface area contributed by atoms with Gasteiger partial charge < -0.3 is 4.42 Å². The molecule has 1 saturated heterocycles. The Bertz CT molecular complexity index is 855. The van der Waals surface area contributed by atoms with E-state index >= 15 is 0 Å². The van der Waals surface area contributed by atoms with Gasteiger partial charge in [0.25, 0.3) is 5.91 Å². The van der Waals surface area contributed by atoms with Crippen LogP contribution in [0, 0.1) is 6.92 Å². The van der Waals surface area contributed by atoms with Crippen molar-refractivity contribution in [2.45, 2.75) is 13.1 Å². The lowest BCUT2D eigenvalue weighted by atomic mass is 10.2. The van der Waals surface area contributed by atoms with Gasteiger partial charge in [-0.15, -0.1) is 0 Å². The molecule has 0 aliphatic carbocycles.